The van der Waals surface area contributed by atoms with Gasteiger partial charge in [0, 0.05) is 44.1 Å². The molecule has 10 heteroatoms. The quantitative estimate of drug-likeness (QED) is 0.509. The molecule has 1 aromatic carbocycles. The molecule has 2 aliphatic rings. The predicted octanol–water partition coefficient (Wildman–Crippen LogP) is 1.63. The number of hydrogen-bond acceptors (Lipinski definition) is 7. The Bertz CT molecular complexity index is 1160. The highest BCUT2D eigenvalue weighted by atomic mass is 16.5. The summed E-state index contributed by atoms with van der Waals surface area (Å²) in [6.45, 7) is 3.92. The molecule has 5 rings (SSSR count). The lowest BCUT2D eigenvalue weighted by Gasteiger charge is -2.34. The Morgan fingerprint density at radius 1 is 1.12 bits per heavy atom. The molecule has 0 unspecified atom stereocenters. The molecule has 2 amide bonds. The summed E-state index contributed by atoms with van der Waals surface area (Å²) in [6, 6.07) is 9.33. The molecular weight excluding hydrogens is 434 g/mol. The maximum absolute atomic E-state index is 12.9. The van der Waals surface area contributed by atoms with Crippen LogP contribution in [0, 0.1) is 0 Å². The Morgan fingerprint density at radius 2 is 1.97 bits per heavy atom. The van der Waals surface area contributed by atoms with E-state index in [1.54, 1.807) is 17.3 Å². The van der Waals surface area contributed by atoms with E-state index in [-0.39, 0.29) is 24.4 Å². The summed E-state index contributed by atoms with van der Waals surface area (Å²) >= 11 is 0. The smallest absolute Gasteiger partial charge is 0.256 e. The molecule has 3 aromatic rings. The van der Waals surface area contributed by atoms with Crippen molar-refractivity contribution in [1.82, 2.24) is 25.2 Å². The first-order valence-corrected chi connectivity index (χ1v) is 11.7. The van der Waals surface area contributed by atoms with E-state index in [1.165, 1.54) is 0 Å². The van der Waals surface area contributed by atoms with Crippen LogP contribution in [0.2, 0.25) is 0 Å². The topological polar surface area (TPSA) is 115 Å². The van der Waals surface area contributed by atoms with Crippen molar-refractivity contribution in [3.63, 3.8) is 0 Å². The van der Waals surface area contributed by atoms with Gasteiger partial charge < -0.3 is 30.2 Å². The Labute approximate surface area is 197 Å². The predicted molar refractivity (Wildman–Crippen MR) is 129 cm³/mol. The fourth-order valence-electron chi connectivity index (χ4n) is 4.61. The number of benzene rings is 1. The first kappa shape index (κ1) is 22.1. The number of piperidine rings is 1. The summed E-state index contributed by atoms with van der Waals surface area (Å²) in [5, 5.41) is 7.28. The molecule has 2 aliphatic heterocycles. The van der Waals surface area contributed by atoms with Gasteiger partial charge >= 0.3 is 0 Å². The third-order valence-corrected chi connectivity index (χ3v) is 6.31. The molecule has 0 spiro atoms. The maximum atomic E-state index is 12.9. The first-order chi connectivity index (χ1) is 16.7. The van der Waals surface area contributed by atoms with Crippen LogP contribution < -0.4 is 15.5 Å². The summed E-state index contributed by atoms with van der Waals surface area (Å²) in [5.41, 5.74) is 2.04. The summed E-state index contributed by atoms with van der Waals surface area (Å²) in [7, 11) is 0. The highest BCUT2D eigenvalue weighted by molar-refractivity contribution is 6.00. The Hall–Kier alpha value is -3.66. The van der Waals surface area contributed by atoms with Crippen LogP contribution in [0.25, 0.3) is 11.0 Å². The standard InChI is InChI=1S/C24H29N7O3/c32-21(14-26-20-6-2-1-5-18(20)24(33)30-10-12-34-13-11-30)29-17-4-3-9-31(15-17)23-19-7-8-25-22(19)27-16-28-23/h1-2,5-8,16-17,26H,3-4,9-15H2,(H,29,32)(H,25,27,28)/t17-/m1/s1. The number of fused-ring (bicyclic) bond motifs is 1. The minimum absolute atomic E-state index is 0.0252. The van der Waals surface area contributed by atoms with Crippen molar-refractivity contribution in [2.45, 2.75) is 18.9 Å². The van der Waals surface area contributed by atoms with E-state index in [1.807, 2.05) is 30.5 Å². The molecule has 0 bridgehead atoms. The lowest BCUT2D eigenvalue weighted by atomic mass is 10.1. The molecule has 1 atom stereocenters. The van der Waals surface area contributed by atoms with Crippen LogP contribution in [-0.4, -0.2) is 83.6 Å². The van der Waals surface area contributed by atoms with Gasteiger partial charge in [0.2, 0.25) is 5.91 Å². The van der Waals surface area contributed by atoms with Gasteiger partial charge in [0.15, 0.2) is 0 Å². The molecule has 178 valence electrons. The Kier molecular flexibility index (Phi) is 6.57. The lowest BCUT2D eigenvalue weighted by molar-refractivity contribution is -0.120. The van der Waals surface area contributed by atoms with Crippen molar-refractivity contribution in [3.05, 3.63) is 48.4 Å². The van der Waals surface area contributed by atoms with Gasteiger partial charge in [0.05, 0.1) is 30.7 Å². The van der Waals surface area contributed by atoms with Crippen LogP contribution in [0.5, 0.6) is 0 Å². The summed E-state index contributed by atoms with van der Waals surface area (Å²) < 4.78 is 5.35. The maximum Gasteiger partial charge on any atom is 0.256 e. The van der Waals surface area contributed by atoms with Crippen LogP contribution >= 0.6 is 0 Å². The van der Waals surface area contributed by atoms with E-state index in [9.17, 15) is 9.59 Å². The number of H-pyrrole nitrogens is 1. The van der Waals surface area contributed by atoms with E-state index in [4.69, 9.17) is 4.74 Å². The molecule has 2 aromatic heterocycles. The van der Waals surface area contributed by atoms with Crippen molar-refractivity contribution in [1.29, 1.82) is 0 Å². The van der Waals surface area contributed by atoms with Crippen molar-refractivity contribution in [2.24, 2.45) is 0 Å². The largest absolute Gasteiger partial charge is 0.378 e. The van der Waals surface area contributed by atoms with Gasteiger partial charge in [-0.3, -0.25) is 9.59 Å². The van der Waals surface area contributed by atoms with Crippen molar-refractivity contribution in [3.8, 4) is 0 Å². The molecule has 34 heavy (non-hydrogen) atoms. The van der Waals surface area contributed by atoms with Gasteiger partial charge in [-0.1, -0.05) is 12.1 Å². The van der Waals surface area contributed by atoms with Crippen molar-refractivity contribution < 1.29 is 14.3 Å². The van der Waals surface area contributed by atoms with E-state index < -0.39 is 0 Å². The van der Waals surface area contributed by atoms with Gasteiger partial charge in [0.1, 0.15) is 17.8 Å². The van der Waals surface area contributed by atoms with Crippen molar-refractivity contribution >= 4 is 34.4 Å². The molecule has 3 N–H and O–H groups in total. The monoisotopic (exact) mass is 463 g/mol. The summed E-state index contributed by atoms with van der Waals surface area (Å²) in [4.78, 5) is 41.5. The van der Waals surface area contributed by atoms with E-state index in [2.05, 4.69) is 30.5 Å². The second-order valence-corrected chi connectivity index (χ2v) is 8.59. The van der Waals surface area contributed by atoms with Gasteiger partial charge in [-0.2, -0.15) is 0 Å². The highest BCUT2D eigenvalue weighted by Gasteiger charge is 2.25. The van der Waals surface area contributed by atoms with Gasteiger partial charge in [-0.25, -0.2) is 9.97 Å². The van der Waals surface area contributed by atoms with Crippen LogP contribution in [0.4, 0.5) is 11.5 Å². The SMILES string of the molecule is O=C(CNc1ccccc1C(=O)N1CCOCC1)N[C@@H]1CCCN(c2ncnc3[nH]ccc23)C1. The molecule has 2 saturated heterocycles. The van der Waals surface area contributed by atoms with E-state index in [0.29, 0.717) is 44.1 Å². The summed E-state index contributed by atoms with van der Waals surface area (Å²) in [5.74, 6) is 0.740. The minimum atomic E-state index is -0.102. The zero-order valence-electron chi connectivity index (χ0n) is 19.0. The number of anilines is 2. The number of para-hydroxylation sites is 1. The average molecular weight is 464 g/mol. The number of rotatable bonds is 6. The molecule has 2 fully saturated rings. The zero-order chi connectivity index (χ0) is 23.3. The fraction of sp³-hybridized carbons (Fsp3) is 0.417. The number of hydrogen-bond donors (Lipinski definition) is 3. The Balaban J connectivity index is 1.18. The molecule has 10 nitrogen and oxygen atoms in total. The number of carbonyl (C=O) groups excluding carboxylic acids is 2. The average Bonchev–Trinajstić information content (AvgIpc) is 3.37. The van der Waals surface area contributed by atoms with Gasteiger partial charge in [-0.15, -0.1) is 0 Å². The van der Waals surface area contributed by atoms with Gasteiger partial charge in [-0.05, 0) is 31.0 Å². The summed E-state index contributed by atoms with van der Waals surface area (Å²) in [6.07, 6.45) is 5.30. The number of amides is 2. The highest BCUT2D eigenvalue weighted by Crippen LogP contribution is 2.25. The minimum Gasteiger partial charge on any atom is -0.378 e. The number of morpholine rings is 1. The van der Waals surface area contributed by atoms with E-state index >= 15 is 0 Å². The molecule has 0 radical (unpaired) electrons. The first-order valence-electron chi connectivity index (χ1n) is 11.7. The fourth-order valence-corrected chi connectivity index (χ4v) is 4.61. The molecule has 0 saturated carbocycles. The number of aromatic nitrogens is 3. The Morgan fingerprint density at radius 3 is 2.85 bits per heavy atom. The van der Waals surface area contributed by atoms with E-state index in [0.717, 1.165) is 36.2 Å². The van der Waals surface area contributed by atoms with Crippen molar-refractivity contribution in [2.75, 3.05) is 56.2 Å². The molecule has 0 aliphatic carbocycles. The van der Waals surface area contributed by atoms with Crippen LogP contribution in [0.15, 0.2) is 42.9 Å². The molecular formula is C24H29N7O3. The lowest BCUT2D eigenvalue weighted by Crippen LogP contribution is -2.49. The zero-order valence-corrected chi connectivity index (χ0v) is 19.0. The van der Waals surface area contributed by atoms with Crippen LogP contribution in [-0.2, 0) is 9.53 Å². The number of nitrogens with zero attached hydrogens (tertiary/aromatic N) is 4. The third kappa shape index (κ3) is 4.81. The molecule has 4 heterocycles. The van der Waals surface area contributed by atoms with Crippen LogP contribution in [0.1, 0.15) is 23.2 Å². The normalized spacial score (nSPS) is 18.6. The number of nitrogens with one attached hydrogen (secondary N) is 3. The second kappa shape index (κ2) is 10.1. The third-order valence-electron chi connectivity index (χ3n) is 6.31. The number of carbonyl (C=O) groups is 2. The second-order valence-electron chi connectivity index (χ2n) is 8.59. The van der Waals surface area contributed by atoms with Gasteiger partial charge in [0.25, 0.3) is 5.91 Å². The van der Waals surface area contributed by atoms with Crippen LogP contribution in [0.3, 0.4) is 0 Å². The number of aromatic amines is 1. The number of ether oxygens (including phenoxy) is 1.